The van der Waals surface area contributed by atoms with Gasteiger partial charge in [-0.25, -0.2) is 17.8 Å². The number of aromatic nitrogens is 2. The molecule has 0 spiro atoms. The Morgan fingerprint density at radius 2 is 1.94 bits per heavy atom. The van der Waals surface area contributed by atoms with Gasteiger partial charge in [0.1, 0.15) is 11.6 Å². The molecule has 0 radical (unpaired) electrons. The standard InChI is InChI=1S/C20H24F4N4O4S/c1-27-12-10-26-18(27)19(30,20(22,23)24)8-9-25-17(29)14-3-2-11-28(13-14)33(31,32)16-6-4-15(21)5-7-16/h4-7,10,12,14,30H,2-3,8-9,11,13H2,1H3,(H,25,29)/t14-,19-/m1/s1. The number of hydrogen-bond donors (Lipinski definition) is 2. The molecule has 13 heteroatoms. The molecule has 0 bridgehead atoms. The van der Waals surface area contributed by atoms with Gasteiger partial charge in [-0.3, -0.25) is 4.79 Å². The van der Waals surface area contributed by atoms with Gasteiger partial charge >= 0.3 is 6.18 Å². The zero-order chi connectivity index (χ0) is 24.4. The lowest BCUT2D eigenvalue weighted by Crippen LogP contribution is -2.48. The van der Waals surface area contributed by atoms with Gasteiger partial charge in [0.05, 0.1) is 10.8 Å². The van der Waals surface area contributed by atoms with Crippen LogP contribution in [0.3, 0.4) is 0 Å². The number of aryl methyl sites for hydroxylation is 1. The van der Waals surface area contributed by atoms with Gasteiger partial charge in [-0.1, -0.05) is 0 Å². The second kappa shape index (κ2) is 9.39. The highest BCUT2D eigenvalue weighted by atomic mass is 32.2. The van der Waals surface area contributed by atoms with Crippen LogP contribution in [0.15, 0.2) is 41.6 Å². The van der Waals surface area contributed by atoms with Crippen molar-refractivity contribution in [2.75, 3.05) is 19.6 Å². The zero-order valence-corrected chi connectivity index (χ0v) is 18.5. The average molecular weight is 492 g/mol. The Morgan fingerprint density at radius 3 is 2.52 bits per heavy atom. The second-order valence-corrected chi connectivity index (χ2v) is 9.85. The van der Waals surface area contributed by atoms with Gasteiger partial charge in [0.25, 0.3) is 0 Å². The van der Waals surface area contributed by atoms with Gasteiger partial charge in [0.2, 0.25) is 21.5 Å². The van der Waals surface area contributed by atoms with Gasteiger partial charge in [0, 0.05) is 45.5 Å². The number of alkyl halides is 3. The molecular weight excluding hydrogens is 468 g/mol. The second-order valence-electron chi connectivity index (χ2n) is 7.92. The summed E-state index contributed by atoms with van der Waals surface area (Å²) in [6, 6.07) is 4.29. The van der Waals surface area contributed by atoms with Crippen LogP contribution < -0.4 is 5.32 Å². The van der Waals surface area contributed by atoms with Crippen LogP contribution in [0, 0.1) is 11.7 Å². The highest BCUT2D eigenvalue weighted by molar-refractivity contribution is 7.89. The van der Waals surface area contributed by atoms with E-state index in [4.69, 9.17) is 0 Å². The molecular formula is C20H24F4N4O4S. The summed E-state index contributed by atoms with van der Waals surface area (Å²) in [6.07, 6.45) is -2.77. The summed E-state index contributed by atoms with van der Waals surface area (Å²) in [5.41, 5.74) is -3.26. The Hall–Kier alpha value is -2.51. The normalized spacial score (nSPS) is 19.8. The lowest BCUT2D eigenvalue weighted by molar-refractivity contribution is -0.272. The van der Waals surface area contributed by atoms with Crippen molar-refractivity contribution in [2.45, 2.75) is 35.9 Å². The smallest absolute Gasteiger partial charge is 0.374 e. The summed E-state index contributed by atoms with van der Waals surface area (Å²) in [5, 5.41) is 12.7. The molecule has 3 rings (SSSR count). The van der Waals surface area contributed by atoms with Crippen molar-refractivity contribution < 1.29 is 35.9 Å². The number of amides is 1. The maximum Gasteiger partial charge on any atom is 0.424 e. The number of halogens is 4. The SMILES string of the molecule is Cn1ccnc1[C@](O)(CCNC(=O)[C@@H]1CCCN(S(=O)(=O)c2ccc(F)cc2)C1)C(F)(F)F. The molecule has 2 atom stereocenters. The summed E-state index contributed by atoms with van der Waals surface area (Å²) in [6.45, 7) is -0.492. The first-order chi connectivity index (χ1) is 15.4. The Kier molecular flexibility index (Phi) is 7.15. The summed E-state index contributed by atoms with van der Waals surface area (Å²) >= 11 is 0. The Bertz CT molecular complexity index is 1090. The molecule has 8 nitrogen and oxygen atoms in total. The lowest BCUT2D eigenvalue weighted by Gasteiger charge is -2.32. The van der Waals surface area contributed by atoms with Crippen LogP contribution in [0.2, 0.25) is 0 Å². The van der Waals surface area contributed by atoms with E-state index in [0.29, 0.717) is 12.8 Å². The minimum Gasteiger partial charge on any atom is -0.374 e. The number of nitrogens with zero attached hydrogens (tertiary/aromatic N) is 3. The number of hydrogen-bond acceptors (Lipinski definition) is 5. The number of benzene rings is 1. The van der Waals surface area contributed by atoms with Crippen molar-refractivity contribution in [3.63, 3.8) is 0 Å². The molecule has 0 unspecified atom stereocenters. The summed E-state index contributed by atoms with van der Waals surface area (Å²) in [4.78, 5) is 16.1. The molecule has 2 heterocycles. The van der Waals surface area contributed by atoms with Crippen LogP contribution in [0.4, 0.5) is 17.6 Å². The van der Waals surface area contributed by atoms with Gasteiger partial charge < -0.3 is 15.0 Å². The van der Waals surface area contributed by atoms with Gasteiger partial charge in [0.15, 0.2) is 0 Å². The molecule has 1 fully saturated rings. The first kappa shape index (κ1) is 25.1. The molecule has 1 aromatic carbocycles. The van der Waals surface area contributed by atoms with Crippen LogP contribution in [0.1, 0.15) is 25.1 Å². The van der Waals surface area contributed by atoms with Crippen molar-refractivity contribution in [1.82, 2.24) is 19.2 Å². The zero-order valence-electron chi connectivity index (χ0n) is 17.7. The largest absolute Gasteiger partial charge is 0.424 e. The van der Waals surface area contributed by atoms with Crippen molar-refractivity contribution in [2.24, 2.45) is 13.0 Å². The Balaban J connectivity index is 1.64. The van der Waals surface area contributed by atoms with E-state index in [2.05, 4.69) is 10.3 Å². The molecule has 182 valence electrons. The maximum absolute atomic E-state index is 13.6. The minimum atomic E-state index is -5.03. The third-order valence-corrected chi connectivity index (χ3v) is 7.53. The number of rotatable bonds is 7. The first-order valence-electron chi connectivity index (χ1n) is 10.2. The van der Waals surface area contributed by atoms with Gasteiger partial charge in [-0.15, -0.1) is 0 Å². The monoisotopic (exact) mass is 492 g/mol. The summed E-state index contributed by atoms with van der Waals surface area (Å²) < 4.78 is 81.6. The van der Waals surface area contributed by atoms with Crippen LogP contribution in [-0.2, 0) is 27.5 Å². The topological polar surface area (TPSA) is 105 Å². The molecule has 1 aromatic heterocycles. The van der Waals surface area contributed by atoms with Crippen molar-refractivity contribution in [1.29, 1.82) is 0 Å². The predicted molar refractivity (Wildman–Crippen MR) is 109 cm³/mol. The van der Waals surface area contributed by atoms with Crippen LogP contribution in [-0.4, -0.2) is 59.1 Å². The number of piperidine rings is 1. The highest BCUT2D eigenvalue weighted by Gasteiger charge is 2.57. The quantitative estimate of drug-likeness (QED) is 0.575. The average Bonchev–Trinajstić information content (AvgIpc) is 3.19. The summed E-state index contributed by atoms with van der Waals surface area (Å²) in [7, 11) is -2.64. The first-order valence-corrected chi connectivity index (χ1v) is 11.6. The number of aliphatic hydroxyl groups is 1. The van der Waals surface area contributed by atoms with Crippen LogP contribution in [0.5, 0.6) is 0 Å². The predicted octanol–water partition coefficient (Wildman–Crippen LogP) is 1.92. The van der Waals surface area contributed by atoms with E-state index in [1.807, 2.05) is 0 Å². The Labute approximate surface area is 188 Å². The fourth-order valence-electron chi connectivity index (χ4n) is 3.79. The maximum atomic E-state index is 13.6. The third kappa shape index (κ3) is 5.20. The molecule has 33 heavy (non-hydrogen) atoms. The van der Waals surface area contributed by atoms with E-state index in [9.17, 15) is 35.9 Å². The Morgan fingerprint density at radius 1 is 1.27 bits per heavy atom. The molecule has 1 amide bonds. The molecule has 0 aliphatic carbocycles. The van der Waals surface area contributed by atoms with E-state index in [-0.39, 0.29) is 18.0 Å². The number of carbonyl (C=O) groups excluding carboxylic acids is 1. The number of sulfonamides is 1. The molecule has 1 aliphatic heterocycles. The van der Waals surface area contributed by atoms with E-state index >= 15 is 0 Å². The molecule has 0 saturated carbocycles. The summed E-state index contributed by atoms with van der Waals surface area (Å²) in [5.74, 6) is -2.58. The minimum absolute atomic E-state index is 0.115. The van der Waals surface area contributed by atoms with E-state index in [1.54, 1.807) is 0 Å². The molecule has 2 N–H and O–H groups in total. The third-order valence-electron chi connectivity index (χ3n) is 5.65. The number of nitrogens with one attached hydrogen (secondary N) is 1. The lowest BCUT2D eigenvalue weighted by atomic mass is 9.96. The van der Waals surface area contributed by atoms with Crippen molar-refractivity contribution in [3.05, 3.63) is 48.3 Å². The highest BCUT2D eigenvalue weighted by Crippen LogP contribution is 2.40. The number of imidazole rings is 1. The van der Waals surface area contributed by atoms with Crippen LogP contribution in [0.25, 0.3) is 0 Å². The number of carbonyl (C=O) groups is 1. The van der Waals surface area contributed by atoms with E-state index < -0.39 is 58.2 Å². The van der Waals surface area contributed by atoms with Crippen LogP contribution >= 0.6 is 0 Å². The molecule has 1 aliphatic rings. The van der Waals surface area contributed by atoms with Gasteiger partial charge in [-0.05, 0) is 37.1 Å². The molecule has 2 aromatic rings. The van der Waals surface area contributed by atoms with Crippen molar-refractivity contribution >= 4 is 15.9 Å². The van der Waals surface area contributed by atoms with Gasteiger partial charge in [-0.2, -0.15) is 17.5 Å². The fraction of sp³-hybridized carbons (Fsp3) is 0.500. The fourth-order valence-corrected chi connectivity index (χ4v) is 5.31. The molecule has 1 saturated heterocycles. The van der Waals surface area contributed by atoms with Crippen molar-refractivity contribution in [3.8, 4) is 0 Å². The van der Waals surface area contributed by atoms with E-state index in [1.165, 1.54) is 13.2 Å². The van der Waals surface area contributed by atoms with E-state index in [0.717, 1.165) is 39.3 Å².